The molecular formula is C20H25N5O2. The molecule has 7 nitrogen and oxygen atoms in total. The number of rotatable bonds is 5. The zero-order valence-electron chi connectivity index (χ0n) is 16.3. The molecule has 3 heterocycles. The lowest BCUT2D eigenvalue weighted by atomic mass is 10.1. The summed E-state index contributed by atoms with van der Waals surface area (Å²) in [4.78, 5) is 21.7. The summed E-state index contributed by atoms with van der Waals surface area (Å²) in [5.41, 5.74) is 4.27. The normalized spacial score (nSPS) is 12.6. The summed E-state index contributed by atoms with van der Waals surface area (Å²) >= 11 is 0. The van der Waals surface area contributed by atoms with Crippen LogP contribution in [0.3, 0.4) is 0 Å². The number of amides is 1. The van der Waals surface area contributed by atoms with Gasteiger partial charge in [-0.3, -0.25) is 9.78 Å². The Kier molecular flexibility index (Phi) is 5.23. The van der Waals surface area contributed by atoms with Crippen LogP contribution in [0.5, 0.6) is 0 Å². The summed E-state index contributed by atoms with van der Waals surface area (Å²) in [5.74, 6) is -0.196. The molecule has 0 aliphatic carbocycles. The first kappa shape index (κ1) is 19.0. The highest BCUT2D eigenvalue weighted by atomic mass is 16.3. The van der Waals surface area contributed by atoms with Crippen LogP contribution < -0.4 is 5.32 Å². The standard InChI is InChI=1S/C20H25N5O2/c1-11(2)25-19-15(9-22-25)8-18(13(4)24-19)20(27)21-10-16-6-7-17(14(5)26)12(3)23-16/h6-9,11,14,26H,10H2,1-5H3,(H,21,27)/t14-/m0/s1. The first-order chi connectivity index (χ1) is 12.8. The van der Waals surface area contributed by atoms with Crippen LogP contribution in [0.1, 0.15) is 65.9 Å². The Labute approximate surface area is 158 Å². The number of aliphatic hydroxyl groups excluding tert-OH is 1. The van der Waals surface area contributed by atoms with E-state index in [0.717, 1.165) is 28.0 Å². The number of aryl methyl sites for hydroxylation is 2. The van der Waals surface area contributed by atoms with Gasteiger partial charge in [-0.15, -0.1) is 0 Å². The lowest BCUT2D eigenvalue weighted by Gasteiger charge is -2.12. The third-order valence-electron chi connectivity index (χ3n) is 4.56. The maximum atomic E-state index is 12.6. The number of nitrogens with zero attached hydrogens (tertiary/aromatic N) is 4. The van der Waals surface area contributed by atoms with E-state index < -0.39 is 6.10 Å². The highest BCUT2D eigenvalue weighted by Crippen LogP contribution is 2.19. The zero-order valence-corrected chi connectivity index (χ0v) is 16.3. The summed E-state index contributed by atoms with van der Waals surface area (Å²) in [6, 6.07) is 5.69. The molecule has 0 radical (unpaired) electrons. The van der Waals surface area contributed by atoms with Crippen molar-refractivity contribution in [1.29, 1.82) is 0 Å². The fraction of sp³-hybridized carbons (Fsp3) is 0.400. The fourth-order valence-electron chi connectivity index (χ4n) is 3.10. The number of carbonyl (C=O) groups excluding carboxylic acids is 1. The molecule has 3 rings (SSSR count). The number of pyridine rings is 2. The monoisotopic (exact) mass is 367 g/mol. The summed E-state index contributed by atoms with van der Waals surface area (Å²) in [6.07, 6.45) is 1.17. The predicted molar refractivity (Wildman–Crippen MR) is 103 cm³/mol. The number of aliphatic hydroxyl groups is 1. The van der Waals surface area contributed by atoms with Gasteiger partial charge >= 0.3 is 0 Å². The van der Waals surface area contributed by atoms with E-state index in [1.165, 1.54) is 0 Å². The Morgan fingerprint density at radius 2 is 1.93 bits per heavy atom. The van der Waals surface area contributed by atoms with E-state index in [0.29, 0.717) is 17.8 Å². The van der Waals surface area contributed by atoms with Gasteiger partial charge in [0.25, 0.3) is 5.91 Å². The second-order valence-electron chi connectivity index (χ2n) is 7.05. The van der Waals surface area contributed by atoms with Crippen LogP contribution in [0.4, 0.5) is 0 Å². The molecular weight excluding hydrogens is 342 g/mol. The average molecular weight is 367 g/mol. The average Bonchev–Trinajstić information content (AvgIpc) is 3.01. The number of carbonyl (C=O) groups is 1. The minimum atomic E-state index is -0.562. The van der Waals surface area contributed by atoms with Crippen LogP contribution in [0.2, 0.25) is 0 Å². The lowest BCUT2D eigenvalue weighted by Crippen LogP contribution is -2.24. The molecule has 1 atom stereocenters. The number of hydrogen-bond acceptors (Lipinski definition) is 5. The second kappa shape index (κ2) is 7.44. The van der Waals surface area contributed by atoms with Gasteiger partial charge in [0.05, 0.1) is 35.8 Å². The lowest BCUT2D eigenvalue weighted by molar-refractivity contribution is 0.0949. The summed E-state index contributed by atoms with van der Waals surface area (Å²) in [6.45, 7) is 9.78. The van der Waals surface area contributed by atoms with Crippen molar-refractivity contribution in [2.45, 2.75) is 53.3 Å². The van der Waals surface area contributed by atoms with Crippen molar-refractivity contribution in [3.63, 3.8) is 0 Å². The number of hydrogen-bond donors (Lipinski definition) is 2. The molecule has 3 aromatic heterocycles. The van der Waals surface area contributed by atoms with E-state index in [9.17, 15) is 9.90 Å². The molecule has 0 saturated carbocycles. The Morgan fingerprint density at radius 1 is 1.19 bits per heavy atom. The predicted octanol–water partition coefficient (Wildman–Crippen LogP) is 3.01. The highest BCUT2D eigenvalue weighted by molar-refractivity contribution is 5.98. The van der Waals surface area contributed by atoms with Gasteiger partial charge in [-0.05, 0) is 46.8 Å². The Morgan fingerprint density at radius 3 is 2.56 bits per heavy atom. The van der Waals surface area contributed by atoms with Crippen molar-refractivity contribution in [2.75, 3.05) is 0 Å². The van der Waals surface area contributed by atoms with Crippen LogP contribution in [0, 0.1) is 13.8 Å². The largest absolute Gasteiger partial charge is 0.389 e. The first-order valence-electron chi connectivity index (χ1n) is 9.05. The van der Waals surface area contributed by atoms with Gasteiger partial charge in [-0.2, -0.15) is 5.10 Å². The third kappa shape index (κ3) is 3.83. The second-order valence-corrected chi connectivity index (χ2v) is 7.05. The molecule has 3 aromatic rings. The number of nitrogens with one attached hydrogen (secondary N) is 1. The molecule has 2 N–H and O–H groups in total. The van der Waals surface area contributed by atoms with Crippen LogP contribution in [0.25, 0.3) is 11.0 Å². The van der Waals surface area contributed by atoms with Crippen molar-refractivity contribution in [2.24, 2.45) is 0 Å². The fourth-order valence-corrected chi connectivity index (χ4v) is 3.10. The van der Waals surface area contributed by atoms with Crippen molar-refractivity contribution >= 4 is 16.9 Å². The van der Waals surface area contributed by atoms with Gasteiger partial charge in [-0.25, -0.2) is 9.67 Å². The first-order valence-corrected chi connectivity index (χ1v) is 9.05. The molecule has 142 valence electrons. The molecule has 0 saturated heterocycles. The van der Waals surface area contributed by atoms with Crippen LogP contribution in [0.15, 0.2) is 24.4 Å². The molecule has 0 aliphatic heterocycles. The summed E-state index contributed by atoms with van der Waals surface area (Å²) in [5, 5.41) is 17.8. The molecule has 7 heteroatoms. The van der Waals surface area contributed by atoms with Crippen molar-refractivity contribution in [1.82, 2.24) is 25.1 Å². The van der Waals surface area contributed by atoms with Gasteiger partial charge in [0.15, 0.2) is 5.65 Å². The Hall–Kier alpha value is -2.80. The minimum Gasteiger partial charge on any atom is -0.389 e. The molecule has 0 spiro atoms. The van der Waals surface area contributed by atoms with Gasteiger partial charge in [0.2, 0.25) is 0 Å². The summed E-state index contributed by atoms with van der Waals surface area (Å²) in [7, 11) is 0. The smallest absolute Gasteiger partial charge is 0.253 e. The van der Waals surface area contributed by atoms with Gasteiger partial charge < -0.3 is 10.4 Å². The van der Waals surface area contributed by atoms with Crippen molar-refractivity contribution in [3.05, 3.63) is 52.6 Å². The highest BCUT2D eigenvalue weighted by Gasteiger charge is 2.15. The molecule has 0 bridgehead atoms. The topological polar surface area (TPSA) is 92.9 Å². The molecule has 0 unspecified atom stereocenters. The Bertz CT molecular complexity index is 991. The van der Waals surface area contributed by atoms with Gasteiger partial charge in [-0.1, -0.05) is 6.07 Å². The molecule has 0 fully saturated rings. The minimum absolute atomic E-state index is 0.196. The van der Waals surface area contributed by atoms with Crippen LogP contribution in [-0.2, 0) is 6.54 Å². The van der Waals surface area contributed by atoms with E-state index in [1.54, 1.807) is 13.1 Å². The van der Waals surface area contributed by atoms with Crippen LogP contribution >= 0.6 is 0 Å². The maximum Gasteiger partial charge on any atom is 0.253 e. The Balaban J connectivity index is 1.78. The van der Waals surface area contributed by atoms with Gasteiger partial charge in [0, 0.05) is 22.7 Å². The number of aromatic nitrogens is 4. The molecule has 0 aromatic carbocycles. The van der Waals surface area contributed by atoms with E-state index in [2.05, 4.69) is 20.4 Å². The van der Waals surface area contributed by atoms with Crippen molar-refractivity contribution < 1.29 is 9.90 Å². The van der Waals surface area contributed by atoms with Crippen LogP contribution in [-0.4, -0.2) is 30.8 Å². The van der Waals surface area contributed by atoms with E-state index >= 15 is 0 Å². The SMILES string of the molecule is Cc1nc2c(cnn2C(C)C)cc1C(=O)NCc1ccc([C@H](C)O)c(C)n1. The quantitative estimate of drug-likeness (QED) is 0.723. The third-order valence-corrected chi connectivity index (χ3v) is 4.56. The molecule has 0 aliphatic rings. The van der Waals surface area contributed by atoms with Gasteiger partial charge in [0.1, 0.15) is 0 Å². The summed E-state index contributed by atoms with van der Waals surface area (Å²) < 4.78 is 1.85. The molecule has 27 heavy (non-hydrogen) atoms. The zero-order chi connectivity index (χ0) is 19.7. The molecule has 1 amide bonds. The van der Waals surface area contributed by atoms with E-state index in [4.69, 9.17) is 0 Å². The van der Waals surface area contributed by atoms with E-state index in [-0.39, 0.29) is 11.9 Å². The van der Waals surface area contributed by atoms with Crippen molar-refractivity contribution in [3.8, 4) is 0 Å². The van der Waals surface area contributed by atoms with E-state index in [1.807, 2.05) is 50.6 Å². The maximum absolute atomic E-state index is 12.6. The number of fused-ring (bicyclic) bond motifs is 1.